The van der Waals surface area contributed by atoms with Crippen LogP contribution in [0.5, 0.6) is 0 Å². The minimum Gasteiger partial charge on any atom is -0.337 e. The van der Waals surface area contributed by atoms with Crippen LogP contribution < -0.4 is 5.32 Å². The smallest absolute Gasteiger partial charge is 0.245 e. The van der Waals surface area contributed by atoms with E-state index >= 15 is 0 Å². The molecule has 0 atom stereocenters. The van der Waals surface area contributed by atoms with Crippen molar-refractivity contribution in [3.8, 4) is 11.1 Å². The van der Waals surface area contributed by atoms with Gasteiger partial charge in [0.05, 0.1) is 0 Å². The summed E-state index contributed by atoms with van der Waals surface area (Å²) < 4.78 is 0. The molecular weight excluding hydrogens is 307 g/mol. The Morgan fingerprint density at radius 3 is 2.33 bits per heavy atom. The molecule has 0 fully saturated rings. The Labute approximate surface area is 131 Å². The number of halogens is 2. The Bertz CT molecular complexity index is 763. The van der Waals surface area contributed by atoms with Gasteiger partial charge in [-0.2, -0.15) is 4.98 Å². The van der Waals surface area contributed by atoms with Crippen molar-refractivity contribution in [2.24, 2.45) is 0 Å². The summed E-state index contributed by atoms with van der Waals surface area (Å²) in [7, 11) is 0. The molecule has 6 heteroatoms. The van der Waals surface area contributed by atoms with Gasteiger partial charge in [-0.05, 0) is 23.2 Å². The molecule has 104 valence electrons. The average molecular weight is 317 g/mol. The first-order valence-electron chi connectivity index (χ1n) is 6.21. The second-order valence-corrected chi connectivity index (χ2v) is 4.95. The highest BCUT2D eigenvalue weighted by Gasteiger charge is 2.09. The number of aromatic nitrogens is 3. The molecule has 0 aliphatic rings. The lowest BCUT2D eigenvalue weighted by Gasteiger charge is -2.12. The maximum Gasteiger partial charge on any atom is 0.245 e. The van der Waals surface area contributed by atoms with E-state index in [1.807, 2.05) is 54.6 Å². The van der Waals surface area contributed by atoms with Crippen molar-refractivity contribution >= 4 is 34.7 Å². The number of anilines is 2. The number of hydrogen-bond acceptors (Lipinski definition) is 4. The van der Waals surface area contributed by atoms with E-state index in [0.717, 1.165) is 16.8 Å². The fourth-order valence-corrected chi connectivity index (χ4v) is 2.21. The van der Waals surface area contributed by atoms with Gasteiger partial charge in [-0.25, -0.2) is 0 Å². The Kier molecular flexibility index (Phi) is 3.99. The third-order valence-electron chi connectivity index (χ3n) is 2.88. The van der Waals surface area contributed by atoms with Crippen molar-refractivity contribution in [3.63, 3.8) is 0 Å². The molecule has 3 aromatic rings. The maximum atomic E-state index is 5.99. The van der Waals surface area contributed by atoms with E-state index in [1.165, 1.54) is 0 Å². The average Bonchev–Trinajstić information content (AvgIpc) is 2.52. The lowest BCUT2D eigenvalue weighted by atomic mass is 10.0. The predicted octanol–water partition coefficient (Wildman–Crippen LogP) is 4.59. The van der Waals surface area contributed by atoms with E-state index in [4.69, 9.17) is 23.2 Å². The monoisotopic (exact) mass is 316 g/mol. The molecule has 21 heavy (non-hydrogen) atoms. The highest BCUT2D eigenvalue weighted by atomic mass is 35.5. The van der Waals surface area contributed by atoms with Crippen molar-refractivity contribution in [2.45, 2.75) is 0 Å². The van der Waals surface area contributed by atoms with Gasteiger partial charge < -0.3 is 5.32 Å². The van der Waals surface area contributed by atoms with Gasteiger partial charge in [-0.3, -0.25) is 0 Å². The van der Waals surface area contributed by atoms with E-state index in [1.54, 1.807) is 0 Å². The number of hydrogen-bond donors (Lipinski definition) is 1. The number of nitrogens with one attached hydrogen (secondary N) is 1. The third-order valence-corrected chi connectivity index (χ3v) is 3.30. The van der Waals surface area contributed by atoms with Crippen LogP contribution in [0.2, 0.25) is 10.4 Å². The first-order valence-corrected chi connectivity index (χ1v) is 6.97. The van der Waals surface area contributed by atoms with Crippen LogP contribution in [0.4, 0.5) is 11.5 Å². The molecule has 0 saturated carbocycles. The van der Waals surface area contributed by atoms with Crippen LogP contribution >= 0.6 is 23.2 Å². The largest absolute Gasteiger partial charge is 0.337 e. The fourth-order valence-electron chi connectivity index (χ4n) is 1.96. The summed E-state index contributed by atoms with van der Waals surface area (Å²) in [6, 6.07) is 17.9. The highest BCUT2D eigenvalue weighted by Crippen LogP contribution is 2.31. The Morgan fingerprint density at radius 1 is 0.810 bits per heavy atom. The normalized spacial score (nSPS) is 10.4. The minimum absolute atomic E-state index is 0.0408. The number of nitrogens with zero attached hydrogens (tertiary/aromatic N) is 3. The summed E-state index contributed by atoms with van der Waals surface area (Å²) in [6.45, 7) is 0. The van der Waals surface area contributed by atoms with Crippen molar-refractivity contribution in [3.05, 3.63) is 65.0 Å². The first kappa shape index (κ1) is 13.8. The number of rotatable bonds is 3. The lowest BCUT2D eigenvalue weighted by molar-refractivity contribution is 0.975. The van der Waals surface area contributed by atoms with Gasteiger partial charge in [0, 0.05) is 11.3 Å². The van der Waals surface area contributed by atoms with E-state index in [0.29, 0.717) is 5.82 Å². The molecule has 1 N–H and O–H groups in total. The molecule has 3 rings (SSSR count). The molecule has 0 aliphatic carbocycles. The molecule has 0 radical (unpaired) electrons. The number of benzene rings is 2. The van der Waals surface area contributed by atoms with Crippen LogP contribution in [0.25, 0.3) is 11.1 Å². The lowest BCUT2D eigenvalue weighted by Crippen LogP contribution is -2.00. The van der Waals surface area contributed by atoms with Gasteiger partial charge in [0.1, 0.15) is 0 Å². The zero-order valence-electron chi connectivity index (χ0n) is 10.8. The third kappa shape index (κ3) is 3.12. The Balaban J connectivity index is 2.02. The summed E-state index contributed by atoms with van der Waals surface area (Å²) in [5, 5.41) is 10.7. The van der Waals surface area contributed by atoms with Gasteiger partial charge in [0.2, 0.25) is 5.28 Å². The molecule has 0 bridgehead atoms. The molecule has 1 heterocycles. The number of para-hydroxylation sites is 1. The molecule has 0 amide bonds. The van der Waals surface area contributed by atoms with Gasteiger partial charge in [0.15, 0.2) is 11.0 Å². The molecule has 1 aromatic heterocycles. The molecule has 0 saturated heterocycles. The molecule has 0 unspecified atom stereocenters. The van der Waals surface area contributed by atoms with E-state index in [-0.39, 0.29) is 10.4 Å². The van der Waals surface area contributed by atoms with Gasteiger partial charge in [-0.1, -0.05) is 60.1 Å². The minimum atomic E-state index is 0.0408. The van der Waals surface area contributed by atoms with Crippen LogP contribution in [0.1, 0.15) is 0 Å². The van der Waals surface area contributed by atoms with E-state index in [2.05, 4.69) is 20.5 Å². The topological polar surface area (TPSA) is 50.7 Å². The molecule has 4 nitrogen and oxygen atoms in total. The fraction of sp³-hybridized carbons (Fsp3) is 0. The van der Waals surface area contributed by atoms with Gasteiger partial charge in [-0.15, -0.1) is 10.2 Å². The second kappa shape index (κ2) is 6.08. The summed E-state index contributed by atoms with van der Waals surface area (Å²) in [5.41, 5.74) is 2.98. The Hall–Kier alpha value is -2.17. The van der Waals surface area contributed by atoms with Gasteiger partial charge >= 0.3 is 0 Å². The summed E-state index contributed by atoms with van der Waals surface area (Å²) in [4.78, 5) is 4.05. The summed E-state index contributed by atoms with van der Waals surface area (Å²) in [6.07, 6.45) is 0. The SMILES string of the molecule is Clc1nnc(Cl)c(Nc2ccccc2-c2ccccc2)n1. The molecular formula is C15H10Cl2N4. The van der Waals surface area contributed by atoms with Crippen LogP contribution in [0.3, 0.4) is 0 Å². The van der Waals surface area contributed by atoms with Crippen molar-refractivity contribution in [2.75, 3.05) is 5.32 Å². The molecule has 2 aromatic carbocycles. The molecule has 0 aliphatic heterocycles. The van der Waals surface area contributed by atoms with Crippen LogP contribution in [0, 0.1) is 0 Å². The van der Waals surface area contributed by atoms with Crippen molar-refractivity contribution in [1.82, 2.24) is 15.2 Å². The maximum absolute atomic E-state index is 5.99. The predicted molar refractivity (Wildman–Crippen MR) is 85.0 cm³/mol. The van der Waals surface area contributed by atoms with Crippen LogP contribution in [-0.4, -0.2) is 15.2 Å². The zero-order chi connectivity index (χ0) is 14.7. The molecule has 0 spiro atoms. The standard InChI is InChI=1S/C15H10Cl2N4/c16-13-14(19-15(17)21-20-13)18-12-9-5-4-8-11(12)10-6-2-1-3-7-10/h1-9H,(H,18,19,21). The first-order chi connectivity index (χ1) is 10.2. The van der Waals surface area contributed by atoms with E-state index in [9.17, 15) is 0 Å². The van der Waals surface area contributed by atoms with Gasteiger partial charge in [0.25, 0.3) is 0 Å². The van der Waals surface area contributed by atoms with Crippen molar-refractivity contribution < 1.29 is 0 Å². The van der Waals surface area contributed by atoms with E-state index < -0.39 is 0 Å². The van der Waals surface area contributed by atoms with Crippen LogP contribution in [-0.2, 0) is 0 Å². The van der Waals surface area contributed by atoms with Crippen molar-refractivity contribution in [1.29, 1.82) is 0 Å². The summed E-state index contributed by atoms with van der Waals surface area (Å²) in [5.74, 6) is 0.375. The highest BCUT2D eigenvalue weighted by molar-refractivity contribution is 6.32. The Morgan fingerprint density at radius 2 is 1.52 bits per heavy atom. The second-order valence-electron chi connectivity index (χ2n) is 4.26. The summed E-state index contributed by atoms with van der Waals surface area (Å²) >= 11 is 11.7. The zero-order valence-corrected chi connectivity index (χ0v) is 12.3. The van der Waals surface area contributed by atoms with Crippen LogP contribution in [0.15, 0.2) is 54.6 Å². The quantitative estimate of drug-likeness (QED) is 0.767.